The summed E-state index contributed by atoms with van der Waals surface area (Å²) < 4.78 is 0. The van der Waals surface area contributed by atoms with Gasteiger partial charge in [-0.15, -0.1) is 23.1 Å². The van der Waals surface area contributed by atoms with Crippen LogP contribution >= 0.6 is 46.3 Å². The van der Waals surface area contributed by atoms with E-state index in [-0.39, 0.29) is 0 Å². The SMILES string of the molecule is CCCCCCCCCCCCCCCCCCSc1cc(-c2ccc(Cl)cc2)sc1-c1ccc(Cl)cc1. The van der Waals surface area contributed by atoms with Crippen molar-refractivity contribution in [2.24, 2.45) is 0 Å². The minimum Gasteiger partial charge on any atom is -0.134 e. The summed E-state index contributed by atoms with van der Waals surface area (Å²) in [5, 5.41) is 1.56. The van der Waals surface area contributed by atoms with Crippen LogP contribution in [0, 0.1) is 0 Å². The molecule has 0 saturated carbocycles. The van der Waals surface area contributed by atoms with Gasteiger partial charge in [0.15, 0.2) is 0 Å². The maximum Gasteiger partial charge on any atom is 0.0485 e. The summed E-state index contributed by atoms with van der Waals surface area (Å²) in [5.41, 5.74) is 2.47. The third kappa shape index (κ3) is 12.1. The van der Waals surface area contributed by atoms with Gasteiger partial charge in [-0.05, 0) is 53.6 Å². The molecule has 0 aliphatic rings. The van der Waals surface area contributed by atoms with Gasteiger partial charge in [0.2, 0.25) is 0 Å². The van der Waals surface area contributed by atoms with E-state index in [9.17, 15) is 0 Å². The third-order valence-corrected chi connectivity index (χ3v) is 10.2. The predicted molar refractivity (Wildman–Crippen MR) is 175 cm³/mol. The molecule has 0 amide bonds. The van der Waals surface area contributed by atoms with Crippen LogP contribution in [0.15, 0.2) is 59.5 Å². The maximum absolute atomic E-state index is 6.16. The lowest BCUT2D eigenvalue weighted by Crippen LogP contribution is -1.85. The molecular weight excluding hydrogens is 543 g/mol. The molecule has 1 heterocycles. The number of thiophene rings is 1. The van der Waals surface area contributed by atoms with E-state index < -0.39 is 0 Å². The molecule has 3 rings (SSSR count). The molecule has 0 bridgehead atoms. The number of hydrogen-bond acceptors (Lipinski definition) is 2. The van der Waals surface area contributed by atoms with Crippen molar-refractivity contribution in [1.29, 1.82) is 0 Å². The molecule has 0 N–H and O–H groups in total. The van der Waals surface area contributed by atoms with E-state index in [2.05, 4.69) is 37.3 Å². The van der Waals surface area contributed by atoms with Gasteiger partial charge in [-0.1, -0.05) is 151 Å². The molecule has 38 heavy (non-hydrogen) atoms. The Balaban J connectivity index is 1.31. The molecule has 208 valence electrons. The highest BCUT2D eigenvalue weighted by Gasteiger charge is 2.13. The Morgan fingerprint density at radius 2 is 0.974 bits per heavy atom. The molecule has 1 aromatic heterocycles. The summed E-state index contributed by atoms with van der Waals surface area (Å²) in [4.78, 5) is 4.01. The summed E-state index contributed by atoms with van der Waals surface area (Å²) in [5.74, 6) is 1.18. The molecular formula is C34H46Cl2S2. The monoisotopic (exact) mass is 588 g/mol. The second-order valence-corrected chi connectivity index (χ2v) is 13.5. The van der Waals surface area contributed by atoms with Crippen molar-refractivity contribution in [1.82, 2.24) is 0 Å². The van der Waals surface area contributed by atoms with Gasteiger partial charge in [0.05, 0.1) is 0 Å². The lowest BCUT2D eigenvalue weighted by Gasteiger charge is -2.05. The van der Waals surface area contributed by atoms with Crippen molar-refractivity contribution in [3.8, 4) is 20.9 Å². The van der Waals surface area contributed by atoms with Gasteiger partial charge in [0, 0.05) is 24.7 Å². The van der Waals surface area contributed by atoms with Gasteiger partial charge in [-0.3, -0.25) is 0 Å². The first-order chi connectivity index (χ1) is 18.7. The van der Waals surface area contributed by atoms with E-state index in [0.717, 1.165) is 10.0 Å². The van der Waals surface area contributed by atoms with Gasteiger partial charge >= 0.3 is 0 Å². The van der Waals surface area contributed by atoms with Gasteiger partial charge < -0.3 is 0 Å². The van der Waals surface area contributed by atoms with Crippen LogP contribution in [0.5, 0.6) is 0 Å². The Morgan fingerprint density at radius 3 is 1.45 bits per heavy atom. The van der Waals surface area contributed by atoms with E-state index in [0.29, 0.717) is 0 Å². The minimum absolute atomic E-state index is 0.779. The first-order valence-corrected chi connectivity index (χ1v) is 17.5. The van der Waals surface area contributed by atoms with E-state index in [1.807, 2.05) is 47.4 Å². The van der Waals surface area contributed by atoms with Crippen molar-refractivity contribution in [3.63, 3.8) is 0 Å². The first-order valence-electron chi connectivity index (χ1n) is 15.0. The Morgan fingerprint density at radius 1 is 0.553 bits per heavy atom. The highest BCUT2D eigenvalue weighted by Crippen LogP contribution is 2.43. The molecule has 0 saturated heterocycles. The van der Waals surface area contributed by atoms with Crippen molar-refractivity contribution in [2.45, 2.75) is 115 Å². The van der Waals surface area contributed by atoms with Crippen LogP contribution in [-0.4, -0.2) is 5.75 Å². The topological polar surface area (TPSA) is 0 Å². The fourth-order valence-electron chi connectivity index (χ4n) is 4.87. The Labute approximate surface area is 250 Å². The highest BCUT2D eigenvalue weighted by atomic mass is 35.5. The average Bonchev–Trinajstić information content (AvgIpc) is 3.35. The Kier molecular flexibility index (Phi) is 16.0. The second kappa shape index (κ2) is 19.2. The number of unbranched alkanes of at least 4 members (excludes halogenated alkanes) is 15. The number of rotatable bonds is 20. The summed E-state index contributed by atoms with van der Waals surface area (Å²) in [6.45, 7) is 2.29. The van der Waals surface area contributed by atoms with Crippen molar-refractivity contribution < 1.29 is 0 Å². The van der Waals surface area contributed by atoms with Crippen molar-refractivity contribution in [3.05, 3.63) is 64.6 Å². The molecule has 0 unspecified atom stereocenters. The third-order valence-electron chi connectivity index (χ3n) is 7.19. The van der Waals surface area contributed by atoms with Crippen molar-refractivity contribution in [2.75, 3.05) is 5.75 Å². The zero-order valence-electron chi connectivity index (χ0n) is 23.3. The molecule has 0 nitrogen and oxygen atoms in total. The molecule has 0 aliphatic heterocycles. The lowest BCUT2D eigenvalue weighted by molar-refractivity contribution is 0.532. The van der Waals surface area contributed by atoms with Gasteiger partial charge in [0.1, 0.15) is 0 Å². The quantitative estimate of drug-likeness (QED) is 0.0933. The number of halogens is 2. The summed E-state index contributed by atoms with van der Waals surface area (Å²) in [7, 11) is 0. The second-order valence-electron chi connectivity index (χ2n) is 10.5. The van der Waals surface area contributed by atoms with Crippen LogP contribution in [0.4, 0.5) is 0 Å². The summed E-state index contributed by atoms with van der Waals surface area (Å²) in [6, 6.07) is 18.8. The normalized spacial score (nSPS) is 11.3. The van der Waals surface area contributed by atoms with Gasteiger partial charge in [-0.2, -0.15) is 0 Å². The fraction of sp³-hybridized carbons (Fsp3) is 0.529. The van der Waals surface area contributed by atoms with Crippen molar-refractivity contribution >= 4 is 46.3 Å². The van der Waals surface area contributed by atoms with Gasteiger partial charge in [-0.25, -0.2) is 0 Å². The minimum atomic E-state index is 0.779. The molecule has 0 radical (unpaired) electrons. The lowest BCUT2D eigenvalue weighted by atomic mass is 10.0. The van der Waals surface area contributed by atoms with E-state index in [1.54, 1.807) is 0 Å². The zero-order valence-corrected chi connectivity index (χ0v) is 26.4. The van der Waals surface area contributed by atoms with Crippen LogP contribution < -0.4 is 0 Å². The fourth-order valence-corrected chi connectivity index (χ4v) is 7.58. The largest absolute Gasteiger partial charge is 0.134 e. The maximum atomic E-state index is 6.16. The highest BCUT2D eigenvalue weighted by molar-refractivity contribution is 7.99. The first kappa shape index (κ1) is 31.6. The molecule has 2 aromatic carbocycles. The molecule has 0 spiro atoms. The smallest absolute Gasteiger partial charge is 0.0485 e. The zero-order chi connectivity index (χ0) is 26.8. The molecule has 0 aliphatic carbocycles. The number of hydrogen-bond donors (Lipinski definition) is 0. The standard InChI is InChI=1S/C34H46Cl2S2/c1-2-3-4-5-6-7-8-9-10-11-12-13-14-15-16-17-26-37-33-27-32(28-18-22-30(35)23-19-28)38-34(33)29-20-24-31(36)25-21-29/h18-25,27H,2-17,26H2,1H3. The van der Waals surface area contributed by atoms with E-state index in [4.69, 9.17) is 23.2 Å². The molecule has 0 fully saturated rings. The average molecular weight is 590 g/mol. The predicted octanol–water partition coefficient (Wildman–Crippen LogP) is 13.7. The molecule has 3 aromatic rings. The van der Waals surface area contributed by atoms with Gasteiger partial charge in [0.25, 0.3) is 0 Å². The van der Waals surface area contributed by atoms with Crippen LogP contribution in [0.3, 0.4) is 0 Å². The number of benzene rings is 2. The van der Waals surface area contributed by atoms with Crippen LogP contribution in [0.2, 0.25) is 10.0 Å². The van der Waals surface area contributed by atoms with Crippen LogP contribution in [0.1, 0.15) is 110 Å². The van der Waals surface area contributed by atoms with Crippen LogP contribution in [-0.2, 0) is 0 Å². The van der Waals surface area contributed by atoms with E-state index >= 15 is 0 Å². The molecule has 4 heteroatoms. The number of thioether (sulfide) groups is 1. The Hall–Kier alpha value is -0.930. The Bertz CT molecular complexity index is 1010. The summed E-state index contributed by atoms with van der Waals surface area (Å²) >= 11 is 16.1. The van der Waals surface area contributed by atoms with E-state index in [1.165, 1.54) is 134 Å². The summed E-state index contributed by atoms with van der Waals surface area (Å²) in [6.07, 6.45) is 22.6. The molecule has 0 atom stereocenters. The van der Waals surface area contributed by atoms with Crippen LogP contribution in [0.25, 0.3) is 20.9 Å².